The van der Waals surface area contributed by atoms with Gasteiger partial charge in [-0.05, 0) is 29.5 Å². The number of benzene rings is 3. The molecule has 0 fully saturated rings. The van der Waals surface area contributed by atoms with Crippen LogP contribution in [0.5, 0.6) is 0 Å². The van der Waals surface area contributed by atoms with Crippen LogP contribution in [-0.2, 0) is 24.3 Å². The van der Waals surface area contributed by atoms with Crippen molar-refractivity contribution in [1.29, 1.82) is 0 Å². The lowest BCUT2D eigenvalue weighted by Crippen LogP contribution is -2.44. The van der Waals surface area contributed by atoms with Crippen molar-refractivity contribution in [2.75, 3.05) is 0 Å². The zero-order valence-corrected chi connectivity index (χ0v) is 16.7. The molecule has 3 aromatic carbocycles. The molecule has 0 aliphatic rings. The molecular weight excluding hydrogens is 358 g/mol. The Labute approximate surface area is 173 Å². The minimum Gasteiger partial charge on any atom is -0.391 e. The molecule has 0 unspecified atom stereocenters. The molecule has 0 aliphatic heterocycles. The van der Waals surface area contributed by atoms with E-state index in [4.69, 9.17) is 0 Å². The van der Waals surface area contributed by atoms with Gasteiger partial charge in [-0.3, -0.25) is 4.90 Å². The third-order valence-electron chi connectivity index (χ3n) is 5.24. The third-order valence-corrected chi connectivity index (χ3v) is 5.24. The van der Waals surface area contributed by atoms with Crippen molar-refractivity contribution in [3.05, 3.63) is 108 Å². The monoisotopic (exact) mass is 387 g/mol. The van der Waals surface area contributed by atoms with Crippen molar-refractivity contribution < 1.29 is 9.90 Å². The Morgan fingerprint density at radius 2 is 1.17 bits per heavy atom. The van der Waals surface area contributed by atoms with Crippen LogP contribution in [0.1, 0.15) is 29.5 Å². The molecule has 0 saturated heterocycles. The highest BCUT2D eigenvalue weighted by atomic mass is 16.3. The average Bonchev–Trinajstić information content (AvgIpc) is 2.77. The second-order valence-corrected chi connectivity index (χ2v) is 7.44. The lowest BCUT2D eigenvalue weighted by molar-refractivity contribution is -0.108. The largest absolute Gasteiger partial charge is 0.391 e. The Bertz CT molecular complexity index is 795. The maximum atomic E-state index is 11.0. The van der Waals surface area contributed by atoms with Crippen molar-refractivity contribution in [1.82, 2.24) is 4.90 Å². The summed E-state index contributed by atoms with van der Waals surface area (Å²) < 4.78 is 0. The zero-order chi connectivity index (χ0) is 20.3. The van der Waals surface area contributed by atoms with Gasteiger partial charge in [-0.15, -0.1) is 0 Å². The molecule has 3 heteroatoms. The van der Waals surface area contributed by atoms with Crippen LogP contribution in [-0.4, -0.2) is 28.4 Å². The van der Waals surface area contributed by atoms with Gasteiger partial charge in [0.25, 0.3) is 0 Å². The molecule has 3 aromatic rings. The summed E-state index contributed by atoms with van der Waals surface area (Å²) in [4.78, 5) is 13.3. The Morgan fingerprint density at radius 3 is 1.62 bits per heavy atom. The molecule has 29 heavy (non-hydrogen) atoms. The Balaban J connectivity index is 1.89. The number of aliphatic hydroxyl groups excluding tert-OH is 1. The normalized spacial score (nSPS) is 13.2. The molecule has 150 valence electrons. The highest BCUT2D eigenvalue weighted by Crippen LogP contribution is 2.21. The number of hydrogen-bond donors (Lipinski definition) is 1. The number of carbonyl (C=O) groups excluding carboxylic acids is 1. The summed E-state index contributed by atoms with van der Waals surface area (Å²) in [5, 5.41) is 11.0. The van der Waals surface area contributed by atoms with Crippen molar-refractivity contribution in [2.45, 2.75) is 44.5 Å². The zero-order valence-electron chi connectivity index (χ0n) is 16.7. The van der Waals surface area contributed by atoms with Crippen LogP contribution in [0.4, 0.5) is 0 Å². The summed E-state index contributed by atoms with van der Waals surface area (Å²) >= 11 is 0. The minimum absolute atomic E-state index is 0.0854. The lowest BCUT2D eigenvalue weighted by Gasteiger charge is -2.35. The standard InChI is InChI=1S/C26H29NO2/c28-18-10-17-26(29)25(19-22-11-4-1-5-12-22)27(20-23-13-6-2-7-14-23)21-24-15-8-3-9-16-24/h1-9,11-16,18,25-26,29H,10,17,19-21H2/t25-,26-/m0/s1. The van der Waals surface area contributed by atoms with E-state index in [1.807, 2.05) is 54.6 Å². The van der Waals surface area contributed by atoms with E-state index < -0.39 is 6.10 Å². The minimum atomic E-state index is -0.576. The van der Waals surface area contributed by atoms with Crippen LogP contribution in [0.15, 0.2) is 91.0 Å². The highest BCUT2D eigenvalue weighted by Gasteiger charge is 2.26. The summed E-state index contributed by atoms with van der Waals surface area (Å²) in [6.07, 6.45) is 1.90. The van der Waals surface area contributed by atoms with Crippen LogP contribution >= 0.6 is 0 Å². The number of aliphatic hydroxyl groups is 1. The summed E-state index contributed by atoms with van der Waals surface area (Å²) in [5.41, 5.74) is 3.61. The highest BCUT2D eigenvalue weighted by molar-refractivity contribution is 5.49. The first kappa shape index (κ1) is 21.0. The second-order valence-electron chi connectivity index (χ2n) is 7.44. The number of hydrogen-bond acceptors (Lipinski definition) is 3. The number of aldehydes is 1. The van der Waals surface area contributed by atoms with Crippen LogP contribution in [0.2, 0.25) is 0 Å². The first-order valence-electron chi connectivity index (χ1n) is 10.2. The molecule has 0 saturated carbocycles. The van der Waals surface area contributed by atoms with Gasteiger partial charge in [0.2, 0.25) is 0 Å². The second kappa shape index (κ2) is 11.3. The van der Waals surface area contributed by atoms with Crippen LogP contribution in [0.3, 0.4) is 0 Å². The Morgan fingerprint density at radius 1 is 0.724 bits per heavy atom. The SMILES string of the molecule is O=CCC[C@H](O)[C@H](Cc1ccccc1)N(Cc1ccccc1)Cc1ccccc1. The van der Waals surface area contributed by atoms with Crippen LogP contribution in [0, 0.1) is 0 Å². The summed E-state index contributed by atoms with van der Waals surface area (Å²) in [5.74, 6) is 0. The van der Waals surface area contributed by atoms with E-state index in [9.17, 15) is 9.90 Å². The first-order chi connectivity index (χ1) is 14.3. The first-order valence-corrected chi connectivity index (χ1v) is 10.2. The molecule has 1 N–H and O–H groups in total. The molecule has 0 aliphatic carbocycles. The van der Waals surface area contributed by atoms with E-state index in [0.717, 1.165) is 25.8 Å². The average molecular weight is 388 g/mol. The lowest BCUT2D eigenvalue weighted by atomic mass is 9.95. The maximum Gasteiger partial charge on any atom is 0.120 e. The Hall–Kier alpha value is -2.75. The van der Waals surface area contributed by atoms with Gasteiger partial charge < -0.3 is 9.90 Å². The number of carbonyl (C=O) groups is 1. The molecule has 0 radical (unpaired) electrons. The molecule has 0 bridgehead atoms. The molecule has 0 spiro atoms. The molecule has 0 aromatic heterocycles. The predicted molar refractivity (Wildman–Crippen MR) is 117 cm³/mol. The quantitative estimate of drug-likeness (QED) is 0.487. The van der Waals surface area contributed by atoms with E-state index in [1.54, 1.807) is 0 Å². The summed E-state index contributed by atoms with van der Waals surface area (Å²) in [6, 6.07) is 30.9. The van der Waals surface area contributed by atoms with Gasteiger partial charge in [0.15, 0.2) is 0 Å². The maximum absolute atomic E-state index is 11.0. The van der Waals surface area contributed by atoms with Gasteiger partial charge in [-0.2, -0.15) is 0 Å². The van der Waals surface area contributed by atoms with E-state index in [1.165, 1.54) is 16.7 Å². The van der Waals surface area contributed by atoms with E-state index >= 15 is 0 Å². The fraction of sp³-hybridized carbons (Fsp3) is 0.269. The predicted octanol–water partition coefficient (Wildman–Crippen LogP) is 4.64. The van der Waals surface area contributed by atoms with Crippen molar-refractivity contribution >= 4 is 6.29 Å². The molecular formula is C26H29NO2. The van der Waals surface area contributed by atoms with Gasteiger partial charge in [0.05, 0.1) is 6.10 Å². The third kappa shape index (κ3) is 6.67. The molecule has 2 atom stereocenters. The molecule has 3 rings (SSSR count). The van der Waals surface area contributed by atoms with Gasteiger partial charge in [-0.25, -0.2) is 0 Å². The molecule has 3 nitrogen and oxygen atoms in total. The molecule has 0 amide bonds. The van der Waals surface area contributed by atoms with Gasteiger partial charge in [0, 0.05) is 25.6 Å². The van der Waals surface area contributed by atoms with Gasteiger partial charge in [-0.1, -0.05) is 91.0 Å². The van der Waals surface area contributed by atoms with Crippen molar-refractivity contribution in [3.8, 4) is 0 Å². The van der Waals surface area contributed by atoms with Gasteiger partial charge in [0.1, 0.15) is 6.29 Å². The van der Waals surface area contributed by atoms with Crippen LogP contribution in [0.25, 0.3) is 0 Å². The van der Waals surface area contributed by atoms with E-state index in [2.05, 4.69) is 41.3 Å². The van der Waals surface area contributed by atoms with E-state index in [-0.39, 0.29) is 6.04 Å². The fourth-order valence-corrected chi connectivity index (χ4v) is 3.72. The Kier molecular flexibility index (Phi) is 8.17. The molecule has 0 heterocycles. The number of nitrogens with zero attached hydrogens (tertiary/aromatic N) is 1. The summed E-state index contributed by atoms with van der Waals surface area (Å²) in [6.45, 7) is 1.48. The number of rotatable bonds is 11. The van der Waals surface area contributed by atoms with Crippen molar-refractivity contribution in [2.24, 2.45) is 0 Å². The fourth-order valence-electron chi connectivity index (χ4n) is 3.72. The summed E-state index contributed by atoms with van der Waals surface area (Å²) in [7, 11) is 0. The van der Waals surface area contributed by atoms with Gasteiger partial charge >= 0.3 is 0 Å². The smallest absolute Gasteiger partial charge is 0.120 e. The van der Waals surface area contributed by atoms with E-state index in [0.29, 0.717) is 12.8 Å². The van der Waals surface area contributed by atoms with Crippen molar-refractivity contribution in [3.63, 3.8) is 0 Å². The topological polar surface area (TPSA) is 40.5 Å². The van der Waals surface area contributed by atoms with Crippen LogP contribution < -0.4 is 0 Å².